The molecule has 0 saturated heterocycles. The molecule has 0 bridgehead atoms. The van der Waals surface area contributed by atoms with Crippen LogP contribution in [0.15, 0.2) is 0 Å². The third kappa shape index (κ3) is 39.7. The van der Waals surface area contributed by atoms with Gasteiger partial charge in [0.1, 0.15) is 0 Å². The average molecular weight is 94.2 g/mol. The summed E-state index contributed by atoms with van der Waals surface area (Å²) in [4.78, 5) is 0. The first-order valence-electron chi connectivity index (χ1n) is 2.07. The van der Waals surface area contributed by atoms with Crippen LogP contribution in [0.5, 0.6) is 0 Å². The molecule has 0 aromatic rings. The second-order valence-electron chi connectivity index (χ2n) is 1.32. The zero-order chi connectivity index (χ0) is 6.28. The zero-order valence-corrected chi connectivity index (χ0v) is 4.81. The monoisotopic (exact) mass is 94.1 g/mol. The highest BCUT2D eigenvalue weighted by molar-refractivity contribution is 4.86. The molecule has 0 radical (unpaired) electrons. The van der Waals surface area contributed by atoms with Crippen LogP contribution in [0.3, 0.4) is 0 Å². The molecule has 0 aliphatic rings. The van der Waals surface area contributed by atoms with Crippen LogP contribution < -0.4 is 0 Å². The Hall–Kier alpha value is -0.880. The second-order valence-corrected chi connectivity index (χ2v) is 1.32. The van der Waals surface area contributed by atoms with Crippen molar-refractivity contribution in [2.45, 2.75) is 13.8 Å². The van der Waals surface area contributed by atoms with E-state index in [1.807, 2.05) is 13.8 Å². The van der Waals surface area contributed by atoms with Crippen LogP contribution in [0.2, 0.25) is 0 Å². The Kier molecular flexibility index (Phi) is 12.1. The van der Waals surface area contributed by atoms with Gasteiger partial charge in [0.15, 0.2) is 0 Å². The summed E-state index contributed by atoms with van der Waals surface area (Å²) in [6.07, 6.45) is 12.9. The van der Waals surface area contributed by atoms with Gasteiger partial charge in [0, 0.05) is 5.92 Å². The fourth-order valence-electron chi connectivity index (χ4n) is 0. The summed E-state index contributed by atoms with van der Waals surface area (Å²) in [5, 5.41) is 0. The van der Waals surface area contributed by atoms with Crippen LogP contribution in [0.4, 0.5) is 0 Å². The molecule has 0 amide bonds. The van der Waals surface area contributed by atoms with Crippen molar-refractivity contribution in [1.29, 1.82) is 0 Å². The Morgan fingerprint density at radius 2 is 1.43 bits per heavy atom. The van der Waals surface area contributed by atoms with Gasteiger partial charge in [-0.1, -0.05) is 13.8 Å². The average Bonchev–Trinajstić information content (AvgIpc) is 1.73. The third-order valence-corrected chi connectivity index (χ3v) is 0.333. The maximum Gasteiger partial charge on any atom is 0.0143 e. The number of hydrogen-bond donors (Lipinski definition) is 0. The highest BCUT2D eigenvalue weighted by atomic mass is 13.8. The molecule has 0 heterocycles. The van der Waals surface area contributed by atoms with Crippen LogP contribution >= 0.6 is 0 Å². The van der Waals surface area contributed by atoms with Crippen molar-refractivity contribution in [1.82, 2.24) is 0 Å². The molecule has 0 aliphatic heterocycles. The van der Waals surface area contributed by atoms with E-state index in [0.29, 0.717) is 5.92 Å². The fraction of sp³-hybridized carbons (Fsp3) is 0.429. The normalized spacial score (nSPS) is 5.71. The largest absolute Gasteiger partial charge is 0.124 e. The lowest BCUT2D eigenvalue weighted by Crippen LogP contribution is -1.72. The van der Waals surface area contributed by atoms with Crippen molar-refractivity contribution >= 4 is 0 Å². The van der Waals surface area contributed by atoms with E-state index in [1.54, 1.807) is 0 Å². The Balaban J connectivity index is 0. The number of terminal acetylenes is 2. The predicted molar refractivity (Wildman–Crippen MR) is 33.6 cm³/mol. The van der Waals surface area contributed by atoms with Crippen molar-refractivity contribution < 1.29 is 0 Å². The summed E-state index contributed by atoms with van der Waals surface area (Å²) in [6.45, 7) is 3.97. The van der Waals surface area contributed by atoms with Crippen LogP contribution in [0.1, 0.15) is 13.8 Å². The second kappa shape index (κ2) is 8.93. The zero-order valence-electron chi connectivity index (χ0n) is 4.81. The minimum absolute atomic E-state index is 0.412. The van der Waals surface area contributed by atoms with Gasteiger partial charge in [-0.25, -0.2) is 0 Å². The third-order valence-electron chi connectivity index (χ3n) is 0.333. The molecule has 0 atom stereocenters. The minimum Gasteiger partial charge on any atom is -0.124 e. The molecule has 0 spiro atoms. The number of hydrogen-bond acceptors (Lipinski definition) is 0. The van der Waals surface area contributed by atoms with Crippen LogP contribution in [-0.2, 0) is 0 Å². The first-order valence-corrected chi connectivity index (χ1v) is 2.07. The molecule has 0 aromatic heterocycles. The smallest absolute Gasteiger partial charge is 0.0143 e. The van der Waals surface area contributed by atoms with Crippen LogP contribution in [0.25, 0.3) is 0 Å². The molecule has 7 heavy (non-hydrogen) atoms. The first-order chi connectivity index (χ1) is 3.27. The van der Waals surface area contributed by atoms with Crippen LogP contribution in [0, 0.1) is 31.1 Å². The summed E-state index contributed by atoms with van der Waals surface area (Å²) >= 11 is 0. The Labute approximate surface area is 45.9 Å². The predicted octanol–water partition coefficient (Wildman–Crippen LogP) is 1.52. The summed E-state index contributed by atoms with van der Waals surface area (Å²) < 4.78 is 0. The van der Waals surface area contributed by atoms with E-state index in [1.165, 1.54) is 0 Å². The molecule has 38 valence electrons. The van der Waals surface area contributed by atoms with E-state index in [2.05, 4.69) is 18.8 Å². The SMILES string of the molecule is C#C.C#CC(C)C. The molecule has 0 N–H and O–H groups in total. The minimum atomic E-state index is 0.412. The highest BCUT2D eigenvalue weighted by Gasteiger charge is 1.74. The van der Waals surface area contributed by atoms with Gasteiger partial charge < -0.3 is 0 Å². The van der Waals surface area contributed by atoms with E-state index in [-0.39, 0.29) is 0 Å². The lowest BCUT2D eigenvalue weighted by Gasteiger charge is -1.80. The Bertz CT molecular complexity index is 69.8. The van der Waals surface area contributed by atoms with Gasteiger partial charge in [-0.15, -0.1) is 25.2 Å². The van der Waals surface area contributed by atoms with Gasteiger partial charge in [0.2, 0.25) is 0 Å². The molecule has 0 aliphatic carbocycles. The van der Waals surface area contributed by atoms with E-state index in [9.17, 15) is 0 Å². The van der Waals surface area contributed by atoms with Gasteiger partial charge in [-0.05, 0) is 0 Å². The number of rotatable bonds is 0. The Morgan fingerprint density at radius 3 is 1.43 bits per heavy atom. The molecule has 0 saturated carbocycles. The van der Waals surface area contributed by atoms with Crippen molar-refractivity contribution in [2.75, 3.05) is 0 Å². The van der Waals surface area contributed by atoms with Gasteiger partial charge in [-0.3, -0.25) is 0 Å². The first kappa shape index (κ1) is 9.45. The van der Waals surface area contributed by atoms with Crippen molar-refractivity contribution in [3.8, 4) is 25.2 Å². The summed E-state index contributed by atoms with van der Waals surface area (Å²) in [7, 11) is 0. The molecule has 0 fully saturated rings. The molecular weight excluding hydrogens is 84.1 g/mol. The van der Waals surface area contributed by atoms with Crippen molar-refractivity contribution in [3.05, 3.63) is 0 Å². The molecular formula is C7H10. The van der Waals surface area contributed by atoms with E-state index < -0.39 is 0 Å². The van der Waals surface area contributed by atoms with Crippen molar-refractivity contribution in [3.63, 3.8) is 0 Å². The van der Waals surface area contributed by atoms with Crippen molar-refractivity contribution in [2.24, 2.45) is 5.92 Å². The lowest BCUT2D eigenvalue weighted by molar-refractivity contribution is 0.868. The van der Waals surface area contributed by atoms with Gasteiger partial charge in [0.25, 0.3) is 0 Å². The maximum absolute atomic E-state index is 4.92. The molecule has 0 rings (SSSR count). The molecule has 0 unspecified atom stereocenters. The standard InChI is InChI=1S/C5H8.C2H2/c1-4-5(2)3;1-2/h1,5H,2-3H3;1-2H. The van der Waals surface area contributed by atoms with Gasteiger partial charge in [0.05, 0.1) is 0 Å². The maximum atomic E-state index is 4.92. The molecule has 0 heteroatoms. The topological polar surface area (TPSA) is 0 Å². The van der Waals surface area contributed by atoms with E-state index >= 15 is 0 Å². The molecule has 0 aromatic carbocycles. The summed E-state index contributed by atoms with van der Waals surface area (Å²) in [5.74, 6) is 2.94. The Morgan fingerprint density at radius 1 is 1.29 bits per heavy atom. The highest BCUT2D eigenvalue weighted by Crippen LogP contribution is 1.81. The summed E-state index contributed by atoms with van der Waals surface area (Å²) in [5.41, 5.74) is 0. The summed E-state index contributed by atoms with van der Waals surface area (Å²) in [6, 6.07) is 0. The van der Waals surface area contributed by atoms with E-state index in [4.69, 9.17) is 6.42 Å². The molecule has 0 nitrogen and oxygen atoms in total. The van der Waals surface area contributed by atoms with Crippen LogP contribution in [-0.4, -0.2) is 0 Å². The lowest BCUT2D eigenvalue weighted by atomic mass is 10.2. The van der Waals surface area contributed by atoms with Gasteiger partial charge >= 0.3 is 0 Å². The quantitative estimate of drug-likeness (QED) is 0.399. The van der Waals surface area contributed by atoms with Gasteiger partial charge in [-0.2, -0.15) is 0 Å². The fourth-order valence-corrected chi connectivity index (χ4v) is 0. The van der Waals surface area contributed by atoms with E-state index in [0.717, 1.165) is 0 Å².